The molecule has 0 saturated carbocycles. The predicted molar refractivity (Wildman–Crippen MR) is 47.8 cm³/mol. The van der Waals surface area contributed by atoms with Crippen molar-refractivity contribution in [3.8, 4) is 0 Å². The first-order valence-electron chi connectivity index (χ1n) is 4.02. The second-order valence-corrected chi connectivity index (χ2v) is 2.29. The highest BCUT2D eigenvalue weighted by Gasteiger charge is 1.74. The molecule has 0 amide bonds. The van der Waals surface area contributed by atoms with Crippen molar-refractivity contribution in [1.29, 1.82) is 0 Å². The van der Waals surface area contributed by atoms with E-state index in [1.807, 2.05) is 0 Å². The van der Waals surface area contributed by atoms with E-state index in [1.165, 1.54) is 19.3 Å². The van der Waals surface area contributed by atoms with Gasteiger partial charge in [-0.3, -0.25) is 0 Å². The minimum atomic E-state index is 0.887. The molecule has 57 valence electrons. The van der Waals surface area contributed by atoms with E-state index >= 15 is 0 Å². The molecule has 10 heavy (non-hydrogen) atoms. The van der Waals surface area contributed by atoms with Gasteiger partial charge in [0.15, 0.2) is 0 Å². The van der Waals surface area contributed by atoms with Gasteiger partial charge in [0.25, 0.3) is 0 Å². The van der Waals surface area contributed by atoms with Gasteiger partial charge >= 0.3 is 0 Å². The molecule has 0 atom stereocenters. The van der Waals surface area contributed by atoms with Crippen LogP contribution in [0.2, 0.25) is 0 Å². The van der Waals surface area contributed by atoms with Gasteiger partial charge in [-0.15, -0.1) is 0 Å². The summed E-state index contributed by atoms with van der Waals surface area (Å²) in [7, 11) is 0. The van der Waals surface area contributed by atoms with Gasteiger partial charge in [0.1, 0.15) is 0 Å². The summed E-state index contributed by atoms with van der Waals surface area (Å²) in [5.41, 5.74) is 0. The molecule has 0 heteroatoms. The standard InChI is InChI=1S/C10H17/c1-3-5-7-9-10-8-6-4-2/h5,7,9-10H,1,3-4,6,8H2,2H3/b7-5+,10-9+. The summed E-state index contributed by atoms with van der Waals surface area (Å²) in [4.78, 5) is 0. The zero-order valence-electron chi connectivity index (χ0n) is 6.84. The Labute approximate surface area is 64.6 Å². The van der Waals surface area contributed by atoms with Crippen molar-refractivity contribution in [2.45, 2.75) is 32.6 Å². The van der Waals surface area contributed by atoms with Crippen LogP contribution in [0, 0.1) is 6.92 Å². The number of unbranched alkanes of at least 4 members (excludes halogenated alkanes) is 2. The maximum Gasteiger partial charge on any atom is -0.0347 e. The van der Waals surface area contributed by atoms with Crippen LogP contribution in [0.3, 0.4) is 0 Å². The molecule has 0 rings (SSSR count). The zero-order valence-corrected chi connectivity index (χ0v) is 6.84. The van der Waals surface area contributed by atoms with Crippen molar-refractivity contribution in [2.24, 2.45) is 0 Å². The zero-order chi connectivity index (χ0) is 7.66. The second kappa shape index (κ2) is 8.48. The fourth-order valence-corrected chi connectivity index (χ4v) is 0.672. The predicted octanol–water partition coefficient (Wildman–Crippen LogP) is 3.51. The average Bonchev–Trinajstić information content (AvgIpc) is 1.97. The molecular weight excluding hydrogens is 120 g/mol. The van der Waals surface area contributed by atoms with E-state index < -0.39 is 0 Å². The summed E-state index contributed by atoms with van der Waals surface area (Å²) < 4.78 is 0. The van der Waals surface area contributed by atoms with Crippen molar-refractivity contribution in [3.05, 3.63) is 31.2 Å². The Morgan fingerprint density at radius 1 is 1.20 bits per heavy atom. The first kappa shape index (κ1) is 9.48. The Balaban J connectivity index is 3.11. The van der Waals surface area contributed by atoms with E-state index in [9.17, 15) is 0 Å². The highest BCUT2D eigenvalue weighted by Crippen LogP contribution is 1.94. The van der Waals surface area contributed by atoms with Gasteiger partial charge in [-0.05, 0) is 19.8 Å². The van der Waals surface area contributed by atoms with E-state index in [1.54, 1.807) is 0 Å². The third-order valence-electron chi connectivity index (χ3n) is 1.27. The van der Waals surface area contributed by atoms with Gasteiger partial charge in [0, 0.05) is 0 Å². The summed E-state index contributed by atoms with van der Waals surface area (Å²) in [5, 5.41) is 0. The molecule has 0 fully saturated rings. The quantitative estimate of drug-likeness (QED) is 0.402. The maximum atomic E-state index is 3.70. The molecule has 0 unspecified atom stereocenters. The number of hydrogen-bond donors (Lipinski definition) is 0. The van der Waals surface area contributed by atoms with Crippen molar-refractivity contribution >= 4 is 0 Å². The Morgan fingerprint density at radius 2 is 1.90 bits per heavy atom. The van der Waals surface area contributed by atoms with Crippen molar-refractivity contribution in [3.63, 3.8) is 0 Å². The molecule has 0 aliphatic heterocycles. The Kier molecular flexibility index (Phi) is 8.04. The van der Waals surface area contributed by atoms with Crippen molar-refractivity contribution < 1.29 is 0 Å². The monoisotopic (exact) mass is 137 g/mol. The number of allylic oxidation sites excluding steroid dienone is 4. The van der Waals surface area contributed by atoms with Gasteiger partial charge in [0.2, 0.25) is 0 Å². The third kappa shape index (κ3) is 7.48. The topological polar surface area (TPSA) is 0 Å². The van der Waals surface area contributed by atoms with E-state index in [4.69, 9.17) is 0 Å². The Morgan fingerprint density at radius 3 is 2.50 bits per heavy atom. The van der Waals surface area contributed by atoms with E-state index in [0.717, 1.165) is 6.42 Å². The molecule has 0 heterocycles. The normalized spacial score (nSPS) is 11.8. The van der Waals surface area contributed by atoms with Gasteiger partial charge in [-0.1, -0.05) is 44.1 Å². The van der Waals surface area contributed by atoms with Crippen LogP contribution in [-0.4, -0.2) is 0 Å². The van der Waals surface area contributed by atoms with E-state index in [2.05, 4.69) is 38.2 Å². The number of hydrogen-bond acceptors (Lipinski definition) is 0. The Hall–Kier alpha value is -0.520. The lowest BCUT2D eigenvalue weighted by Gasteiger charge is -1.85. The van der Waals surface area contributed by atoms with Crippen LogP contribution in [0.15, 0.2) is 24.3 Å². The largest absolute Gasteiger partial charge is 0.0845 e. The molecule has 0 nitrogen and oxygen atoms in total. The van der Waals surface area contributed by atoms with Crippen LogP contribution < -0.4 is 0 Å². The molecular formula is C10H17. The maximum absolute atomic E-state index is 3.70. The molecule has 0 aliphatic carbocycles. The summed E-state index contributed by atoms with van der Waals surface area (Å²) in [6.45, 7) is 5.91. The van der Waals surface area contributed by atoms with Crippen LogP contribution in [-0.2, 0) is 0 Å². The molecule has 1 radical (unpaired) electrons. The summed E-state index contributed by atoms with van der Waals surface area (Å²) in [5.74, 6) is 0. The first-order chi connectivity index (χ1) is 4.91. The molecule has 0 spiro atoms. The summed E-state index contributed by atoms with van der Waals surface area (Å²) >= 11 is 0. The van der Waals surface area contributed by atoms with Gasteiger partial charge < -0.3 is 0 Å². The lowest BCUT2D eigenvalue weighted by atomic mass is 10.2. The molecule has 0 aromatic carbocycles. The smallest absolute Gasteiger partial charge is 0.0347 e. The Bertz CT molecular complexity index is 98.6. The highest BCUT2D eigenvalue weighted by atomic mass is 13.8. The molecule has 0 saturated heterocycles. The lowest BCUT2D eigenvalue weighted by molar-refractivity contribution is 0.815. The highest BCUT2D eigenvalue weighted by molar-refractivity contribution is 5.02. The summed E-state index contributed by atoms with van der Waals surface area (Å²) in [6.07, 6.45) is 13.1. The van der Waals surface area contributed by atoms with Crippen LogP contribution in [0.25, 0.3) is 0 Å². The molecule has 0 N–H and O–H groups in total. The van der Waals surface area contributed by atoms with Gasteiger partial charge in [-0.2, -0.15) is 0 Å². The molecule has 0 aliphatic rings. The lowest BCUT2D eigenvalue weighted by Crippen LogP contribution is -1.64. The van der Waals surface area contributed by atoms with Crippen LogP contribution >= 0.6 is 0 Å². The molecule has 0 bridgehead atoms. The molecule has 0 aromatic heterocycles. The average molecular weight is 137 g/mol. The first-order valence-corrected chi connectivity index (χ1v) is 4.02. The van der Waals surface area contributed by atoms with Gasteiger partial charge in [-0.25, -0.2) is 0 Å². The van der Waals surface area contributed by atoms with E-state index in [-0.39, 0.29) is 0 Å². The van der Waals surface area contributed by atoms with Crippen molar-refractivity contribution in [2.75, 3.05) is 0 Å². The third-order valence-corrected chi connectivity index (χ3v) is 1.27. The SMILES string of the molecule is [CH2]C/C=C/C=C/CCCC. The molecule has 0 aromatic rings. The fourth-order valence-electron chi connectivity index (χ4n) is 0.672. The minimum Gasteiger partial charge on any atom is -0.0845 e. The number of rotatable bonds is 5. The summed E-state index contributed by atoms with van der Waals surface area (Å²) in [6, 6.07) is 0. The van der Waals surface area contributed by atoms with Crippen LogP contribution in [0.4, 0.5) is 0 Å². The fraction of sp³-hybridized carbons (Fsp3) is 0.500. The van der Waals surface area contributed by atoms with Gasteiger partial charge in [0.05, 0.1) is 0 Å². The second-order valence-electron chi connectivity index (χ2n) is 2.29. The van der Waals surface area contributed by atoms with Crippen molar-refractivity contribution in [1.82, 2.24) is 0 Å². The van der Waals surface area contributed by atoms with E-state index in [0.29, 0.717) is 0 Å². The van der Waals surface area contributed by atoms with Crippen LogP contribution in [0.5, 0.6) is 0 Å². The minimum absolute atomic E-state index is 0.887. The van der Waals surface area contributed by atoms with Crippen LogP contribution in [0.1, 0.15) is 32.6 Å².